The number of rotatable bonds is 2. The van der Waals surface area contributed by atoms with Gasteiger partial charge in [-0.3, -0.25) is 4.79 Å². The molecule has 0 aromatic rings. The number of hydrogen-bond acceptors (Lipinski definition) is 5. The van der Waals surface area contributed by atoms with Gasteiger partial charge in [0.15, 0.2) is 5.78 Å². The van der Waals surface area contributed by atoms with Crippen molar-refractivity contribution in [3.05, 3.63) is 11.8 Å². The van der Waals surface area contributed by atoms with E-state index in [1.54, 1.807) is 6.08 Å². The van der Waals surface area contributed by atoms with E-state index in [2.05, 4.69) is 0 Å². The fourth-order valence-electron chi connectivity index (χ4n) is 2.48. The van der Waals surface area contributed by atoms with Crippen molar-refractivity contribution in [1.82, 2.24) is 0 Å². The lowest BCUT2D eigenvalue weighted by molar-refractivity contribution is -0.200. The van der Waals surface area contributed by atoms with E-state index >= 15 is 0 Å². The molecule has 1 heterocycles. The Kier molecular flexibility index (Phi) is 3.25. The first kappa shape index (κ1) is 12.5. The van der Waals surface area contributed by atoms with Gasteiger partial charge in [0, 0.05) is 7.11 Å². The Balaban J connectivity index is 2.33. The van der Waals surface area contributed by atoms with Crippen LogP contribution < -0.4 is 0 Å². The molecule has 0 radical (unpaired) electrons. The highest BCUT2D eigenvalue weighted by molar-refractivity contribution is 5.92. The number of methoxy groups -OCH3 is 1. The van der Waals surface area contributed by atoms with E-state index in [1.165, 1.54) is 7.11 Å². The van der Waals surface area contributed by atoms with Crippen LogP contribution in [0.5, 0.6) is 0 Å². The van der Waals surface area contributed by atoms with Crippen molar-refractivity contribution >= 4 is 5.78 Å². The molecule has 1 fully saturated rings. The van der Waals surface area contributed by atoms with Gasteiger partial charge in [-0.15, -0.1) is 0 Å². The number of ketones is 1. The smallest absolute Gasteiger partial charge is 0.206 e. The van der Waals surface area contributed by atoms with Gasteiger partial charge in [-0.1, -0.05) is 13.3 Å². The third-order valence-corrected chi connectivity index (χ3v) is 3.68. The van der Waals surface area contributed by atoms with Gasteiger partial charge < -0.3 is 19.7 Å². The van der Waals surface area contributed by atoms with E-state index in [0.717, 1.165) is 0 Å². The molecular formula is C12H18O5. The third kappa shape index (κ3) is 1.78. The summed E-state index contributed by atoms with van der Waals surface area (Å²) in [5.74, 6) is -0.416. The fourth-order valence-corrected chi connectivity index (χ4v) is 2.48. The van der Waals surface area contributed by atoms with Crippen LogP contribution in [0, 0.1) is 5.92 Å². The number of fused-ring (bicyclic) bond motifs is 1. The summed E-state index contributed by atoms with van der Waals surface area (Å²) in [5.41, 5.74) is -1.88. The maximum Gasteiger partial charge on any atom is 0.206 e. The molecule has 0 bridgehead atoms. The van der Waals surface area contributed by atoms with Gasteiger partial charge in [-0.2, -0.15) is 0 Å². The van der Waals surface area contributed by atoms with E-state index in [0.29, 0.717) is 12.8 Å². The van der Waals surface area contributed by atoms with Crippen LogP contribution in [0.1, 0.15) is 26.2 Å². The van der Waals surface area contributed by atoms with E-state index in [-0.39, 0.29) is 18.1 Å². The predicted octanol–water partition coefficient (Wildman–Crippen LogP) is 0.354. The van der Waals surface area contributed by atoms with Crippen molar-refractivity contribution in [2.45, 2.75) is 44.2 Å². The molecule has 0 unspecified atom stereocenters. The molecule has 1 saturated heterocycles. The number of carbonyl (C=O) groups is 1. The summed E-state index contributed by atoms with van der Waals surface area (Å²) < 4.78 is 10.4. The lowest BCUT2D eigenvalue weighted by atomic mass is 9.73. The number of allylic oxidation sites excluding steroid dienone is 1. The summed E-state index contributed by atoms with van der Waals surface area (Å²) in [6.07, 6.45) is 1.17. The third-order valence-electron chi connectivity index (χ3n) is 3.68. The molecule has 2 rings (SSSR count). The van der Waals surface area contributed by atoms with Gasteiger partial charge >= 0.3 is 0 Å². The van der Waals surface area contributed by atoms with Crippen molar-refractivity contribution in [3.8, 4) is 0 Å². The minimum absolute atomic E-state index is 0.0438. The van der Waals surface area contributed by atoms with E-state index in [1.807, 2.05) is 6.92 Å². The molecule has 0 aromatic carbocycles. The zero-order chi connectivity index (χ0) is 12.6. The average molecular weight is 242 g/mol. The molecule has 4 atom stereocenters. The van der Waals surface area contributed by atoms with Crippen LogP contribution >= 0.6 is 0 Å². The summed E-state index contributed by atoms with van der Waals surface area (Å²) in [5, 5.41) is 20.5. The molecule has 0 saturated carbocycles. The lowest BCUT2D eigenvalue weighted by Crippen LogP contribution is -2.60. The maximum absolute atomic E-state index is 12.0. The van der Waals surface area contributed by atoms with Crippen LogP contribution in [0.3, 0.4) is 0 Å². The first-order chi connectivity index (χ1) is 8.03. The topological polar surface area (TPSA) is 76.0 Å². The zero-order valence-electron chi connectivity index (χ0n) is 10.0. The average Bonchev–Trinajstić information content (AvgIpc) is 2.33. The number of carbonyl (C=O) groups excluding carboxylic acids is 1. The van der Waals surface area contributed by atoms with Crippen molar-refractivity contribution in [3.63, 3.8) is 0 Å². The molecule has 0 spiro atoms. The second kappa shape index (κ2) is 4.40. The Morgan fingerprint density at radius 3 is 2.94 bits per heavy atom. The highest BCUT2D eigenvalue weighted by atomic mass is 16.7. The SMILES string of the molecule is CC[C@@H]1CC=C2O[C@H](OC)CC(=O)[C@]2(O)[C@@H]1O. The molecule has 5 heteroatoms. The molecule has 1 aliphatic heterocycles. The first-order valence-corrected chi connectivity index (χ1v) is 5.87. The molecule has 2 N–H and O–H groups in total. The quantitative estimate of drug-likeness (QED) is 0.731. The second-order valence-corrected chi connectivity index (χ2v) is 4.59. The van der Waals surface area contributed by atoms with Crippen molar-refractivity contribution < 1.29 is 24.5 Å². The van der Waals surface area contributed by atoms with Crippen molar-refractivity contribution in [2.75, 3.05) is 7.11 Å². The van der Waals surface area contributed by atoms with E-state index < -0.39 is 23.8 Å². The Labute approximate surface area is 100 Å². The monoisotopic (exact) mass is 242 g/mol. The summed E-state index contributed by atoms with van der Waals surface area (Å²) in [6, 6.07) is 0. The summed E-state index contributed by atoms with van der Waals surface area (Å²) >= 11 is 0. The van der Waals surface area contributed by atoms with Crippen LogP contribution in [-0.4, -0.2) is 41.1 Å². The first-order valence-electron chi connectivity index (χ1n) is 5.87. The van der Waals surface area contributed by atoms with Crippen molar-refractivity contribution in [2.24, 2.45) is 5.92 Å². The molecule has 2 aliphatic rings. The van der Waals surface area contributed by atoms with Crippen molar-refractivity contribution in [1.29, 1.82) is 0 Å². The Hall–Kier alpha value is -0.910. The summed E-state index contributed by atoms with van der Waals surface area (Å²) in [7, 11) is 1.44. The zero-order valence-corrected chi connectivity index (χ0v) is 10.0. The lowest BCUT2D eigenvalue weighted by Gasteiger charge is -2.44. The van der Waals surface area contributed by atoms with Crippen LogP contribution in [0.15, 0.2) is 11.8 Å². The Bertz CT molecular complexity index is 351. The number of Topliss-reactive ketones (excluding diaryl/α,β-unsaturated/α-hetero) is 1. The minimum Gasteiger partial charge on any atom is -0.465 e. The van der Waals surface area contributed by atoms with E-state index in [9.17, 15) is 15.0 Å². The fraction of sp³-hybridized carbons (Fsp3) is 0.750. The Morgan fingerprint density at radius 1 is 1.65 bits per heavy atom. The highest BCUT2D eigenvalue weighted by Gasteiger charge is 2.55. The number of ether oxygens (including phenoxy) is 2. The van der Waals surface area contributed by atoms with Crippen LogP contribution in [0.2, 0.25) is 0 Å². The maximum atomic E-state index is 12.0. The molecule has 1 aliphatic carbocycles. The van der Waals surface area contributed by atoms with Gasteiger partial charge in [0.05, 0.1) is 6.42 Å². The largest absolute Gasteiger partial charge is 0.465 e. The van der Waals surface area contributed by atoms with Crippen LogP contribution in [0.25, 0.3) is 0 Å². The molecule has 0 aromatic heterocycles. The standard InChI is InChI=1S/C12H18O5/c1-3-7-4-5-9-12(15,11(7)14)8(13)6-10(16-2)17-9/h5,7,10-11,14-15H,3-4,6H2,1-2H3/t7-,10+,11-,12-/m1/s1. The van der Waals surface area contributed by atoms with E-state index in [4.69, 9.17) is 9.47 Å². The van der Waals surface area contributed by atoms with Crippen LogP contribution in [-0.2, 0) is 14.3 Å². The summed E-state index contributed by atoms with van der Waals surface area (Å²) in [6.45, 7) is 1.92. The summed E-state index contributed by atoms with van der Waals surface area (Å²) in [4.78, 5) is 12.0. The number of aliphatic hydroxyl groups is 2. The van der Waals surface area contributed by atoms with Gasteiger partial charge in [0.25, 0.3) is 0 Å². The van der Waals surface area contributed by atoms with Gasteiger partial charge in [-0.25, -0.2) is 0 Å². The van der Waals surface area contributed by atoms with Gasteiger partial charge in [-0.05, 0) is 18.4 Å². The molecule has 17 heavy (non-hydrogen) atoms. The highest BCUT2D eigenvalue weighted by Crippen LogP contribution is 2.40. The number of aliphatic hydroxyl groups excluding tert-OH is 1. The minimum atomic E-state index is -1.88. The van der Waals surface area contributed by atoms with Gasteiger partial charge in [0.2, 0.25) is 11.9 Å². The molecule has 0 amide bonds. The van der Waals surface area contributed by atoms with Gasteiger partial charge in [0.1, 0.15) is 11.9 Å². The van der Waals surface area contributed by atoms with Crippen LogP contribution in [0.4, 0.5) is 0 Å². The molecule has 96 valence electrons. The Morgan fingerprint density at radius 2 is 2.35 bits per heavy atom. The molecular weight excluding hydrogens is 224 g/mol. The normalized spacial score (nSPS) is 41.5. The second-order valence-electron chi connectivity index (χ2n) is 4.59. The molecule has 5 nitrogen and oxygen atoms in total. The predicted molar refractivity (Wildman–Crippen MR) is 58.9 cm³/mol. The number of hydrogen-bond donors (Lipinski definition) is 2.